The number of benzene rings is 1. The van der Waals surface area contributed by atoms with Crippen LogP contribution in [0.25, 0.3) is 0 Å². The molecule has 4 N–H and O–H groups in total. The molecule has 1 aliphatic rings. The number of carboxylic acids is 2. The number of carbonyl (C=O) groups excluding carboxylic acids is 1. The van der Waals surface area contributed by atoms with Gasteiger partial charge in [0.25, 0.3) is 0 Å². The minimum atomic E-state index is -5.08. The molecule has 0 aliphatic carbocycles. The minimum absolute atomic E-state index is 0.0197. The van der Waals surface area contributed by atoms with Crippen LogP contribution in [0, 0.1) is 0 Å². The van der Waals surface area contributed by atoms with Crippen molar-refractivity contribution in [2.75, 3.05) is 55.1 Å². The zero-order chi connectivity index (χ0) is 26.8. The number of nitrogens with one attached hydrogen (secondary N) is 2. The highest BCUT2D eigenvalue weighted by Crippen LogP contribution is 2.25. The van der Waals surface area contributed by atoms with E-state index in [1.54, 1.807) is 6.07 Å². The van der Waals surface area contributed by atoms with Crippen LogP contribution >= 0.6 is 0 Å². The van der Waals surface area contributed by atoms with E-state index >= 15 is 0 Å². The average molecular weight is 527 g/mol. The molecule has 35 heavy (non-hydrogen) atoms. The Labute approximate surface area is 200 Å². The molecule has 15 heteroatoms. The molecule has 1 fully saturated rings. The number of amides is 1. The Hall–Kier alpha value is -3.07. The van der Waals surface area contributed by atoms with Crippen LogP contribution in [0.3, 0.4) is 0 Å². The molecule has 0 saturated carbocycles. The lowest BCUT2D eigenvalue weighted by Gasteiger charge is -2.36. The first kappa shape index (κ1) is 30.0. The zero-order valence-electron chi connectivity index (χ0n) is 19.3. The summed E-state index contributed by atoms with van der Waals surface area (Å²) in [7, 11) is -3.57. The summed E-state index contributed by atoms with van der Waals surface area (Å²) >= 11 is 0. The van der Waals surface area contributed by atoms with E-state index in [1.807, 2.05) is 4.90 Å². The Kier molecular flexibility index (Phi) is 11.2. The molecule has 1 saturated heterocycles. The van der Waals surface area contributed by atoms with E-state index in [4.69, 9.17) is 9.90 Å². The lowest BCUT2D eigenvalue weighted by molar-refractivity contribution is -0.192. The molecule has 1 aromatic carbocycles. The molecule has 1 aromatic rings. The second-order valence-corrected chi connectivity index (χ2v) is 9.43. The second-order valence-electron chi connectivity index (χ2n) is 7.68. The number of hydrogen-bond donors (Lipinski definition) is 4. The Balaban J connectivity index is 0.000000762. The third kappa shape index (κ3) is 11.3. The molecule has 0 radical (unpaired) electrons. The molecule has 0 atom stereocenters. The molecule has 0 bridgehead atoms. The topological polar surface area (TPSA) is 156 Å². The van der Waals surface area contributed by atoms with Gasteiger partial charge in [-0.05, 0) is 24.6 Å². The summed E-state index contributed by atoms with van der Waals surface area (Å²) in [5, 5.41) is 19.4. The van der Waals surface area contributed by atoms with Crippen LogP contribution in [0.5, 0.6) is 0 Å². The van der Waals surface area contributed by atoms with Crippen LogP contribution in [-0.4, -0.2) is 93.1 Å². The summed E-state index contributed by atoms with van der Waals surface area (Å²) in [4.78, 5) is 36.4. The molecule has 0 unspecified atom stereocenters. The quantitative estimate of drug-likeness (QED) is 0.350. The first-order valence-corrected chi connectivity index (χ1v) is 12.4. The number of nitrogens with zero attached hydrogens (tertiary/aromatic N) is 2. The first-order chi connectivity index (χ1) is 16.1. The zero-order valence-corrected chi connectivity index (χ0v) is 20.1. The van der Waals surface area contributed by atoms with Crippen LogP contribution in [0.15, 0.2) is 18.2 Å². The van der Waals surface area contributed by atoms with Crippen molar-refractivity contribution < 1.29 is 46.2 Å². The summed E-state index contributed by atoms with van der Waals surface area (Å²) in [5.74, 6) is -3.94. The predicted octanol–water partition coefficient (Wildman–Crippen LogP) is 1.43. The van der Waals surface area contributed by atoms with Gasteiger partial charge < -0.3 is 20.4 Å². The van der Waals surface area contributed by atoms with Crippen molar-refractivity contribution in [2.45, 2.75) is 25.9 Å². The number of halogens is 3. The van der Waals surface area contributed by atoms with Gasteiger partial charge in [0.1, 0.15) is 0 Å². The summed E-state index contributed by atoms with van der Waals surface area (Å²) in [6.07, 6.45) is -2.10. The molecule has 1 aliphatic heterocycles. The number of carboxylic acid groups (broad SMARTS) is 2. The van der Waals surface area contributed by atoms with E-state index in [9.17, 15) is 36.3 Å². The van der Waals surface area contributed by atoms with Gasteiger partial charge >= 0.3 is 18.1 Å². The predicted molar refractivity (Wildman–Crippen MR) is 122 cm³/mol. The molecular formula is C20H29F3N4O7S. The van der Waals surface area contributed by atoms with Gasteiger partial charge in [-0.2, -0.15) is 13.2 Å². The van der Waals surface area contributed by atoms with E-state index in [2.05, 4.69) is 21.9 Å². The fourth-order valence-corrected chi connectivity index (χ4v) is 3.60. The summed E-state index contributed by atoms with van der Waals surface area (Å²) in [5.41, 5.74) is 0.658. The maximum absolute atomic E-state index is 11.9. The summed E-state index contributed by atoms with van der Waals surface area (Å²) in [6, 6.07) is 4.64. The maximum atomic E-state index is 11.9. The molecule has 1 amide bonds. The minimum Gasteiger partial charge on any atom is -0.478 e. The number of unbranched alkanes of at least 4 members (excludes halogenated alkanes) is 1. The smallest absolute Gasteiger partial charge is 0.478 e. The van der Waals surface area contributed by atoms with Gasteiger partial charge in [-0.3, -0.25) is 14.4 Å². The molecule has 0 aromatic heterocycles. The van der Waals surface area contributed by atoms with Crippen LogP contribution in [0.2, 0.25) is 0 Å². The van der Waals surface area contributed by atoms with Gasteiger partial charge in [-0.1, -0.05) is 13.3 Å². The van der Waals surface area contributed by atoms with E-state index in [0.29, 0.717) is 45.0 Å². The van der Waals surface area contributed by atoms with Crippen molar-refractivity contribution in [3.05, 3.63) is 23.8 Å². The Bertz CT molecular complexity index is 995. The number of anilines is 2. The van der Waals surface area contributed by atoms with Crippen molar-refractivity contribution >= 4 is 39.2 Å². The van der Waals surface area contributed by atoms with Crippen LogP contribution < -0.4 is 14.9 Å². The van der Waals surface area contributed by atoms with Crippen molar-refractivity contribution in [1.29, 1.82) is 0 Å². The number of sulfonamides is 1. The van der Waals surface area contributed by atoms with Gasteiger partial charge in [0.2, 0.25) is 15.9 Å². The molecule has 2 rings (SSSR count). The van der Waals surface area contributed by atoms with E-state index in [1.165, 1.54) is 12.1 Å². The normalized spacial score (nSPS) is 14.5. The monoisotopic (exact) mass is 526 g/mol. The Morgan fingerprint density at radius 2 is 1.66 bits per heavy atom. The first-order valence-electron chi connectivity index (χ1n) is 10.5. The number of aliphatic carboxylic acids is 1. The van der Waals surface area contributed by atoms with E-state index in [0.717, 1.165) is 19.1 Å². The standard InChI is InChI=1S/C18H28N4O5S.C2HF3O2/c1-3-4-7-19-17(23)13-21-8-10-22(11-9-21)14-5-6-16(20-28(2,26)27)15(12-14)18(24)25;3-2(4,5)1(6)7/h5-6,12,20H,3-4,7-11,13H2,1-2H3,(H,19,23)(H,24,25);(H,6,7). The van der Waals surface area contributed by atoms with Gasteiger partial charge in [0.05, 0.1) is 24.1 Å². The van der Waals surface area contributed by atoms with E-state index in [-0.39, 0.29) is 17.2 Å². The third-order valence-electron chi connectivity index (χ3n) is 4.73. The lowest BCUT2D eigenvalue weighted by Crippen LogP contribution is -2.49. The van der Waals surface area contributed by atoms with Gasteiger partial charge in [0, 0.05) is 38.4 Å². The highest BCUT2D eigenvalue weighted by molar-refractivity contribution is 7.92. The molecule has 0 spiro atoms. The highest BCUT2D eigenvalue weighted by Gasteiger charge is 2.38. The van der Waals surface area contributed by atoms with Gasteiger partial charge in [-0.25, -0.2) is 18.0 Å². The second kappa shape index (κ2) is 13.1. The molecule has 198 valence electrons. The van der Waals surface area contributed by atoms with Gasteiger partial charge in [0.15, 0.2) is 0 Å². The third-order valence-corrected chi connectivity index (χ3v) is 5.32. The Morgan fingerprint density at radius 1 is 1.09 bits per heavy atom. The number of piperazine rings is 1. The van der Waals surface area contributed by atoms with Crippen molar-refractivity contribution in [2.24, 2.45) is 0 Å². The van der Waals surface area contributed by atoms with Gasteiger partial charge in [-0.15, -0.1) is 0 Å². The number of rotatable bonds is 9. The largest absolute Gasteiger partial charge is 0.490 e. The van der Waals surface area contributed by atoms with Crippen LogP contribution in [0.1, 0.15) is 30.1 Å². The number of carbonyl (C=O) groups is 3. The van der Waals surface area contributed by atoms with Crippen molar-refractivity contribution in [3.8, 4) is 0 Å². The lowest BCUT2D eigenvalue weighted by atomic mass is 10.1. The number of aromatic carboxylic acids is 1. The maximum Gasteiger partial charge on any atom is 0.490 e. The van der Waals surface area contributed by atoms with Crippen LogP contribution in [-0.2, 0) is 19.6 Å². The Morgan fingerprint density at radius 3 is 2.11 bits per heavy atom. The fraction of sp³-hybridized carbons (Fsp3) is 0.550. The summed E-state index contributed by atoms with van der Waals surface area (Å²) in [6.45, 7) is 5.81. The summed E-state index contributed by atoms with van der Waals surface area (Å²) < 4.78 is 56.8. The average Bonchev–Trinajstić information content (AvgIpc) is 2.73. The van der Waals surface area contributed by atoms with Crippen molar-refractivity contribution in [3.63, 3.8) is 0 Å². The van der Waals surface area contributed by atoms with Crippen LogP contribution in [0.4, 0.5) is 24.5 Å². The number of alkyl halides is 3. The SMILES string of the molecule is CCCCNC(=O)CN1CCN(c2ccc(NS(C)(=O)=O)c(C(=O)O)c2)CC1.O=C(O)C(F)(F)F. The van der Waals surface area contributed by atoms with Crippen molar-refractivity contribution in [1.82, 2.24) is 10.2 Å². The fourth-order valence-electron chi connectivity index (χ4n) is 3.02. The highest BCUT2D eigenvalue weighted by atomic mass is 32.2. The number of hydrogen-bond acceptors (Lipinski definition) is 7. The molecule has 1 heterocycles. The van der Waals surface area contributed by atoms with E-state index < -0.39 is 28.1 Å². The molecule has 11 nitrogen and oxygen atoms in total. The molecular weight excluding hydrogens is 497 g/mol.